The number of aromatic nitrogens is 2. The van der Waals surface area contributed by atoms with Gasteiger partial charge in [-0.3, -0.25) is 4.79 Å². The predicted molar refractivity (Wildman–Crippen MR) is 71.7 cm³/mol. The molecule has 20 heavy (non-hydrogen) atoms. The maximum absolute atomic E-state index is 12.3. The van der Waals surface area contributed by atoms with E-state index in [0.29, 0.717) is 31.6 Å². The van der Waals surface area contributed by atoms with Crippen molar-refractivity contribution in [2.75, 3.05) is 0 Å². The molecule has 0 saturated heterocycles. The van der Waals surface area contributed by atoms with E-state index in [9.17, 15) is 13.2 Å². The van der Waals surface area contributed by atoms with E-state index in [1.807, 2.05) is 6.92 Å². The number of sulfonamides is 1. The van der Waals surface area contributed by atoms with Gasteiger partial charge in [0.1, 0.15) is 5.82 Å². The molecule has 0 radical (unpaired) electrons. The van der Waals surface area contributed by atoms with Crippen molar-refractivity contribution in [3.63, 3.8) is 0 Å². The maximum Gasteiger partial charge on any atom is 0.308 e. The van der Waals surface area contributed by atoms with Crippen LogP contribution in [0.1, 0.15) is 32.0 Å². The van der Waals surface area contributed by atoms with Gasteiger partial charge in [-0.2, -0.15) is 0 Å². The van der Waals surface area contributed by atoms with Gasteiger partial charge < -0.3 is 9.67 Å². The lowest BCUT2D eigenvalue weighted by Gasteiger charge is -2.16. The Bertz CT molecular complexity index is 608. The van der Waals surface area contributed by atoms with Gasteiger partial charge in [0, 0.05) is 18.8 Å². The Morgan fingerprint density at radius 1 is 1.55 bits per heavy atom. The summed E-state index contributed by atoms with van der Waals surface area (Å²) in [6, 6.07) is -0.551. The molecular formula is C12H19N3O4S. The molecule has 1 saturated carbocycles. The van der Waals surface area contributed by atoms with Crippen LogP contribution in [0, 0.1) is 12.8 Å². The molecule has 0 aromatic carbocycles. The third kappa shape index (κ3) is 2.85. The van der Waals surface area contributed by atoms with Crippen LogP contribution >= 0.6 is 0 Å². The molecule has 2 unspecified atom stereocenters. The van der Waals surface area contributed by atoms with Crippen molar-refractivity contribution in [1.82, 2.24) is 14.3 Å². The Kier molecular flexibility index (Phi) is 4.14. The van der Waals surface area contributed by atoms with Crippen molar-refractivity contribution in [1.29, 1.82) is 0 Å². The fraction of sp³-hybridized carbons (Fsp3) is 0.667. The Hall–Kier alpha value is -1.41. The van der Waals surface area contributed by atoms with E-state index >= 15 is 0 Å². The number of hydrogen-bond donors (Lipinski definition) is 2. The molecule has 1 aromatic heterocycles. The Labute approximate surface area is 118 Å². The van der Waals surface area contributed by atoms with Gasteiger partial charge in [-0.1, -0.05) is 6.42 Å². The number of nitrogens with zero attached hydrogens (tertiary/aromatic N) is 2. The largest absolute Gasteiger partial charge is 0.481 e. The standard InChI is InChI=1S/C12H19N3O4S/c1-3-15-7-11(13-8(15)2)20(18,19)14-10-6-4-5-9(10)12(16)17/h7,9-10,14H,3-6H2,1-2H3,(H,16,17). The Morgan fingerprint density at radius 3 is 2.80 bits per heavy atom. The van der Waals surface area contributed by atoms with Crippen molar-refractivity contribution in [2.45, 2.75) is 50.7 Å². The number of carboxylic acids is 1. The highest BCUT2D eigenvalue weighted by Gasteiger charge is 2.36. The van der Waals surface area contributed by atoms with E-state index < -0.39 is 28.0 Å². The van der Waals surface area contributed by atoms with Crippen LogP contribution in [0.4, 0.5) is 0 Å². The molecule has 8 heteroatoms. The van der Waals surface area contributed by atoms with E-state index in [2.05, 4.69) is 9.71 Å². The number of rotatable bonds is 5. The number of nitrogens with one attached hydrogen (secondary N) is 1. The summed E-state index contributed by atoms with van der Waals surface area (Å²) >= 11 is 0. The fourth-order valence-electron chi connectivity index (χ4n) is 2.59. The van der Waals surface area contributed by atoms with Gasteiger partial charge in [-0.25, -0.2) is 18.1 Å². The molecule has 1 aromatic rings. The van der Waals surface area contributed by atoms with Crippen LogP contribution in [0.25, 0.3) is 0 Å². The molecule has 1 fully saturated rings. The first-order valence-electron chi connectivity index (χ1n) is 6.64. The van der Waals surface area contributed by atoms with Crippen LogP contribution in [0.5, 0.6) is 0 Å². The summed E-state index contributed by atoms with van der Waals surface area (Å²) in [6.45, 7) is 4.27. The molecule has 112 valence electrons. The fourth-order valence-corrected chi connectivity index (χ4v) is 3.90. The number of imidazole rings is 1. The van der Waals surface area contributed by atoms with Crippen molar-refractivity contribution < 1.29 is 18.3 Å². The van der Waals surface area contributed by atoms with Crippen LogP contribution in [0.3, 0.4) is 0 Å². The summed E-state index contributed by atoms with van der Waals surface area (Å²) in [6.07, 6.45) is 3.24. The number of carbonyl (C=O) groups is 1. The average Bonchev–Trinajstić information content (AvgIpc) is 2.95. The first-order chi connectivity index (χ1) is 9.35. The predicted octanol–water partition coefficient (Wildman–Crippen LogP) is 0.743. The molecule has 2 rings (SSSR count). The number of carboxylic acid groups (broad SMARTS) is 1. The third-order valence-corrected chi connectivity index (χ3v) is 5.07. The van der Waals surface area contributed by atoms with E-state index in [4.69, 9.17) is 5.11 Å². The summed E-state index contributed by atoms with van der Waals surface area (Å²) in [5.74, 6) is -0.987. The number of aryl methyl sites for hydroxylation is 2. The zero-order valence-corrected chi connectivity index (χ0v) is 12.4. The maximum atomic E-state index is 12.3. The quantitative estimate of drug-likeness (QED) is 0.835. The SMILES string of the molecule is CCn1cc(S(=O)(=O)NC2CCCC2C(=O)O)nc1C. The van der Waals surface area contributed by atoms with Crippen LogP contribution in [-0.2, 0) is 21.4 Å². The van der Waals surface area contributed by atoms with Crippen molar-refractivity contribution in [3.8, 4) is 0 Å². The second kappa shape index (κ2) is 5.53. The lowest BCUT2D eigenvalue weighted by Crippen LogP contribution is -2.40. The summed E-state index contributed by atoms with van der Waals surface area (Å²) in [5.41, 5.74) is 0. The average molecular weight is 301 g/mol. The normalized spacial score (nSPS) is 23.1. The van der Waals surface area contributed by atoms with E-state index in [0.717, 1.165) is 0 Å². The van der Waals surface area contributed by atoms with Crippen LogP contribution in [0.2, 0.25) is 0 Å². The molecular weight excluding hydrogens is 282 g/mol. The van der Waals surface area contributed by atoms with Gasteiger partial charge >= 0.3 is 5.97 Å². The highest BCUT2D eigenvalue weighted by Crippen LogP contribution is 2.27. The summed E-state index contributed by atoms with van der Waals surface area (Å²) in [5, 5.41) is 9.03. The minimum atomic E-state index is -3.77. The molecule has 0 spiro atoms. The van der Waals surface area contributed by atoms with Crippen LogP contribution < -0.4 is 4.72 Å². The van der Waals surface area contributed by atoms with Gasteiger partial charge in [-0.15, -0.1) is 0 Å². The molecule has 1 heterocycles. The zero-order valence-electron chi connectivity index (χ0n) is 11.5. The first kappa shape index (κ1) is 15.0. The Morgan fingerprint density at radius 2 is 2.25 bits per heavy atom. The zero-order chi connectivity index (χ0) is 14.9. The van der Waals surface area contributed by atoms with Gasteiger partial charge in [0.05, 0.1) is 5.92 Å². The molecule has 0 bridgehead atoms. The second-order valence-electron chi connectivity index (χ2n) is 5.02. The highest BCUT2D eigenvalue weighted by atomic mass is 32.2. The minimum Gasteiger partial charge on any atom is -0.481 e. The summed E-state index contributed by atoms with van der Waals surface area (Å²) in [7, 11) is -3.77. The molecule has 1 aliphatic rings. The van der Waals surface area contributed by atoms with Crippen LogP contribution in [0.15, 0.2) is 11.2 Å². The number of hydrogen-bond acceptors (Lipinski definition) is 4. The Balaban J connectivity index is 2.20. The molecule has 2 N–H and O–H groups in total. The molecule has 0 aliphatic heterocycles. The lowest BCUT2D eigenvalue weighted by atomic mass is 10.1. The van der Waals surface area contributed by atoms with E-state index in [1.165, 1.54) is 6.20 Å². The summed E-state index contributed by atoms with van der Waals surface area (Å²) < 4.78 is 28.7. The van der Waals surface area contributed by atoms with Gasteiger partial charge in [0.25, 0.3) is 10.0 Å². The van der Waals surface area contributed by atoms with E-state index in [1.54, 1.807) is 11.5 Å². The smallest absolute Gasteiger partial charge is 0.308 e. The van der Waals surface area contributed by atoms with Gasteiger partial charge in [0.2, 0.25) is 0 Å². The number of aliphatic carboxylic acids is 1. The monoisotopic (exact) mass is 301 g/mol. The summed E-state index contributed by atoms with van der Waals surface area (Å²) in [4.78, 5) is 15.1. The second-order valence-corrected chi connectivity index (χ2v) is 6.68. The first-order valence-corrected chi connectivity index (χ1v) is 8.12. The van der Waals surface area contributed by atoms with Crippen molar-refractivity contribution >= 4 is 16.0 Å². The topological polar surface area (TPSA) is 101 Å². The van der Waals surface area contributed by atoms with E-state index in [-0.39, 0.29) is 5.03 Å². The highest BCUT2D eigenvalue weighted by molar-refractivity contribution is 7.89. The van der Waals surface area contributed by atoms with Gasteiger partial charge in [0.15, 0.2) is 5.03 Å². The molecule has 0 amide bonds. The molecule has 2 atom stereocenters. The molecule has 7 nitrogen and oxygen atoms in total. The van der Waals surface area contributed by atoms with Gasteiger partial charge in [-0.05, 0) is 26.7 Å². The van der Waals surface area contributed by atoms with Crippen molar-refractivity contribution in [2.24, 2.45) is 5.92 Å². The van der Waals surface area contributed by atoms with Crippen LogP contribution in [-0.4, -0.2) is 35.1 Å². The molecule has 1 aliphatic carbocycles. The minimum absolute atomic E-state index is 0.0483. The van der Waals surface area contributed by atoms with Crippen molar-refractivity contribution in [3.05, 3.63) is 12.0 Å². The third-order valence-electron chi connectivity index (χ3n) is 3.71. The lowest BCUT2D eigenvalue weighted by molar-refractivity contribution is -0.141.